The van der Waals surface area contributed by atoms with Gasteiger partial charge in [-0.2, -0.15) is 0 Å². The van der Waals surface area contributed by atoms with Crippen molar-refractivity contribution in [3.05, 3.63) is 66.3 Å². The Morgan fingerprint density at radius 2 is 1.78 bits per heavy atom. The Kier molecular flexibility index (Phi) is 5.13. The van der Waals surface area contributed by atoms with Gasteiger partial charge in [0.25, 0.3) is 11.2 Å². The van der Waals surface area contributed by atoms with Gasteiger partial charge in [0, 0.05) is 38.7 Å². The predicted molar refractivity (Wildman–Crippen MR) is 100 cm³/mol. The minimum Gasteiger partial charge on any atom is -0.372 e. The maximum absolute atomic E-state index is 12.8. The van der Waals surface area contributed by atoms with Gasteiger partial charge in [-0.1, -0.05) is 12.1 Å². The van der Waals surface area contributed by atoms with Gasteiger partial charge in [0.1, 0.15) is 5.82 Å². The molecular weight excluding hydrogens is 352 g/mol. The maximum atomic E-state index is 12.8. The van der Waals surface area contributed by atoms with Crippen LogP contribution in [0.5, 0.6) is 0 Å². The molecule has 1 saturated heterocycles. The highest BCUT2D eigenvalue weighted by molar-refractivity contribution is 5.49. The number of nitrogens with zero attached hydrogens (tertiary/aromatic N) is 3. The summed E-state index contributed by atoms with van der Waals surface area (Å²) in [5.74, 6) is 0.489. The third-order valence-corrected chi connectivity index (χ3v) is 4.64. The van der Waals surface area contributed by atoms with Gasteiger partial charge >= 0.3 is 5.69 Å². The second-order valence-corrected chi connectivity index (χ2v) is 6.88. The van der Waals surface area contributed by atoms with E-state index < -0.39 is 10.6 Å². The lowest BCUT2D eigenvalue weighted by Gasteiger charge is -2.37. The molecule has 1 aromatic heterocycles. The molecule has 2 atom stereocenters. The monoisotopic (exact) mass is 374 g/mol. The van der Waals surface area contributed by atoms with E-state index in [9.17, 15) is 19.7 Å². The van der Waals surface area contributed by atoms with Crippen molar-refractivity contribution in [2.24, 2.45) is 7.05 Å². The summed E-state index contributed by atoms with van der Waals surface area (Å²) in [4.78, 5) is 40.1. The number of ether oxygens (including phenoxy) is 1. The fourth-order valence-electron chi connectivity index (χ4n) is 3.39. The zero-order valence-electron chi connectivity index (χ0n) is 15.5. The van der Waals surface area contributed by atoms with Crippen LogP contribution in [-0.2, 0) is 18.2 Å². The summed E-state index contributed by atoms with van der Waals surface area (Å²) in [6.45, 7) is 5.00. The minimum absolute atomic E-state index is 0.0100. The first-order valence-electron chi connectivity index (χ1n) is 8.72. The molecule has 9 nitrogen and oxygen atoms in total. The zero-order chi connectivity index (χ0) is 19.7. The van der Waals surface area contributed by atoms with Crippen LogP contribution in [-0.4, -0.2) is 39.8 Å². The second-order valence-electron chi connectivity index (χ2n) is 6.88. The maximum Gasteiger partial charge on any atom is 0.329 e. The smallest absolute Gasteiger partial charge is 0.329 e. The molecule has 0 bridgehead atoms. The molecule has 9 heteroatoms. The first kappa shape index (κ1) is 18.8. The van der Waals surface area contributed by atoms with E-state index in [-0.39, 0.29) is 29.9 Å². The molecule has 0 radical (unpaired) electrons. The summed E-state index contributed by atoms with van der Waals surface area (Å²) in [5.41, 5.74) is 0.338. The molecule has 0 aliphatic carbocycles. The third kappa shape index (κ3) is 3.92. The van der Waals surface area contributed by atoms with Gasteiger partial charge < -0.3 is 9.64 Å². The Morgan fingerprint density at radius 3 is 2.33 bits per heavy atom. The Balaban J connectivity index is 2.03. The molecule has 1 aliphatic rings. The van der Waals surface area contributed by atoms with Crippen LogP contribution in [0.4, 0.5) is 11.5 Å². The predicted octanol–water partition coefficient (Wildman–Crippen LogP) is 1.19. The number of aromatic nitrogens is 2. The van der Waals surface area contributed by atoms with E-state index >= 15 is 0 Å². The van der Waals surface area contributed by atoms with Gasteiger partial charge in [-0.05, 0) is 19.4 Å². The molecule has 27 heavy (non-hydrogen) atoms. The van der Waals surface area contributed by atoms with Crippen molar-refractivity contribution in [1.29, 1.82) is 0 Å². The van der Waals surface area contributed by atoms with Gasteiger partial charge in [0.05, 0.1) is 22.7 Å². The fourth-order valence-corrected chi connectivity index (χ4v) is 3.39. The number of anilines is 1. The van der Waals surface area contributed by atoms with Crippen LogP contribution in [0.3, 0.4) is 0 Å². The van der Waals surface area contributed by atoms with Crippen molar-refractivity contribution in [1.82, 2.24) is 9.55 Å². The van der Waals surface area contributed by atoms with E-state index in [1.165, 1.54) is 19.2 Å². The number of H-pyrrole nitrogens is 1. The summed E-state index contributed by atoms with van der Waals surface area (Å²) >= 11 is 0. The van der Waals surface area contributed by atoms with Crippen molar-refractivity contribution >= 4 is 11.5 Å². The SMILES string of the molecule is C[C@@H]1CN(c2[nH]c(=O)n(C)c(=O)c2Cc2ccc([N+](=O)[O-])cc2)C[C@H](C)O1. The number of hydrogen-bond acceptors (Lipinski definition) is 6. The number of nitro groups is 1. The number of non-ortho nitro benzene ring substituents is 1. The highest BCUT2D eigenvalue weighted by atomic mass is 16.6. The average molecular weight is 374 g/mol. The Labute approximate surface area is 155 Å². The summed E-state index contributed by atoms with van der Waals surface area (Å²) in [7, 11) is 1.43. The number of nitrogens with one attached hydrogen (secondary N) is 1. The van der Waals surface area contributed by atoms with Gasteiger partial charge in [0.2, 0.25) is 0 Å². The van der Waals surface area contributed by atoms with Crippen LogP contribution in [0.25, 0.3) is 0 Å². The van der Waals surface area contributed by atoms with Gasteiger partial charge in [-0.3, -0.25) is 24.5 Å². The molecule has 1 aromatic carbocycles. The number of hydrogen-bond donors (Lipinski definition) is 1. The largest absolute Gasteiger partial charge is 0.372 e. The van der Waals surface area contributed by atoms with E-state index in [4.69, 9.17) is 4.74 Å². The van der Waals surface area contributed by atoms with Crippen LogP contribution in [0.15, 0.2) is 33.9 Å². The standard InChI is InChI=1S/C18H22N4O5/c1-11-9-21(10-12(2)27-11)16-15(17(23)20(3)18(24)19-16)8-13-4-6-14(7-5-13)22(25)26/h4-7,11-12H,8-10H2,1-3H3,(H,19,24)/t11-,12+. The number of benzene rings is 1. The number of aromatic amines is 1. The molecule has 1 fully saturated rings. The van der Waals surface area contributed by atoms with E-state index in [1.807, 2.05) is 18.7 Å². The quantitative estimate of drug-likeness (QED) is 0.636. The summed E-state index contributed by atoms with van der Waals surface area (Å²) in [6.07, 6.45) is 0.193. The number of nitro benzene ring substituents is 1. The van der Waals surface area contributed by atoms with Crippen LogP contribution in [0, 0.1) is 10.1 Å². The van der Waals surface area contributed by atoms with E-state index in [2.05, 4.69) is 4.98 Å². The van der Waals surface area contributed by atoms with Crippen molar-refractivity contribution in [3.8, 4) is 0 Å². The van der Waals surface area contributed by atoms with E-state index in [1.54, 1.807) is 12.1 Å². The normalized spacial score (nSPS) is 19.9. The summed E-state index contributed by atoms with van der Waals surface area (Å²) in [6, 6.07) is 6.06. The second kappa shape index (κ2) is 7.36. The molecule has 0 saturated carbocycles. The average Bonchev–Trinajstić information content (AvgIpc) is 2.61. The summed E-state index contributed by atoms with van der Waals surface area (Å²) < 4.78 is 6.77. The molecule has 144 valence electrons. The lowest BCUT2D eigenvalue weighted by Crippen LogP contribution is -2.48. The van der Waals surface area contributed by atoms with Crippen LogP contribution in [0.2, 0.25) is 0 Å². The van der Waals surface area contributed by atoms with E-state index in [0.717, 1.165) is 10.1 Å². The Morgan fingerprint density at radius 1 is 1.19 bits per heavy atom. The summed E-state index contributed by atoms with van der Waals surface area (Å²) in [5, 5.41) is 10.8. The molecule has 1 aliphatic heterocycles. The van der Waals surface area contributed by atoms with Crippen molar-refractivity contribution in [3.63, 3.8) is 0 Å². The van der Waals surface area contributed by atoms with Gasteiger partial charge in [-0.25, -0.2) is 4.79 Å². The number of morpholine rings is 1. The molecule has 0 unspecified atom stereocenters. The van der Waals surface area contributed by atoms with Crippen molar-refractivity contribution in [2.45, 2.75) is 32.5 Å². The highest BCUT2D eigenvalue weighted by Crippen LogP contribution is 2.22. The Bertz CT molecular complexity index is 953. The van der Waals surface area contributed by atoms with Gasteiger partial charge in [-0.15, -0.1) is 0 Å². The molecule has 0 amide bonds. The molecular formula is C18H22N4O5. The Hall–Kier alpha value is -2.94. The fraction of sp³-hybridized carbons (Fsp3) is 0.444. The molecule has 3 rings (SSSR count). The highest BCUT2D eigenvalue weighted by Gasteiger charge is 2.26. The van der Waals surface area contributed by atoms with Gasteiger partial charge in [0.15, 0.2) is 0 Å². The molecule has 0 spiro atoms. The van der Waals surface area contributed by atoms with E-state index in [0.29, 0.717) is 24.5 Å². The lowest BCUT2D eigenvalue weighted by molar-refractivity contribution is -0.384. The first-order chi connectivity index (χ1) is 12.8. The van der Waals surface area contributed by atoms with Crippen LogP contribution >= 0.6 is 0 Å². The molecule has 1 N–H and O–H groups in total. The minimum atomic E-state index is -0.478. The van der Waals surface area contributed by atoms with Crippen LogP contribution in [0.1, 0.15) is 25.0 Å². The molecule has 2 heterocycles. The third-order valence-electron chi connectivity index (χ3n) is 4.64. The lowest BCUT2D eigenvalue weighted by atomic mass is 10.1. The molecule has 2 aromatic rings. The zero-order valence-corrected chi connectivity index (χ0v) is 15.5. The van der Waals surface area contributed by atoms with Crippen LogP contribution < -0.4 is 16.1 Å². The van der Waals surface area contributed by atoms with Crippen molar-refractivity contribution in [2.75, 3.05) is 18.0 Å². The van der Waals surface area contributed by atoms with Crippen molar-refractivity contribution < 1.29 is 9.66 Å². The number of rotatable bonds is 4. The first-order valence-corrected chi connectivity index (χ1v) is 8.72. The topological polar surface area (TPSA) is 110 Å².